The van der Waals surface area contributed by atoms with E-state index in [9.17, 15) is 88.7 Å². The first-order chi connectivity index (χ1) is 24.1. The molecule has 0 radical (unpaired) electrons. The van der Waals surface area contributed by atoms with Gasteiger partial charge in [-0.25, -0.2) is 22.8 Å². The van der Waals surface area contributed by atoms with E-state index in [-0.39, 0.29) is 23.6 Å². The van der Waals surface area contributed by atoms with E-state index < -0.39 is 99.3 Å². The summed E-state index contributed by atoms with van der Waals surface area (Å²) < 4.78 is 241. The average Bonchev–Trinajstić information content (AvgIpc) is 3.02. The Kier molecular flexibility index (Phi) is 14.4. The van der Waals surface area contributed by atoms with Crippen LogP contribution >= 0.6 is 0 Å². The lowest BCUT2D eigenvalue weighted by Gasteiger charge is -2.41. The predicted molar refractivity (Wildman–Crippen MR) is 153 cm³/mol. The number of carbonyl (C=O) groups excluding carboxylic acids is 3. The van der Waals surface area contributed by atoms with Crippen LogP contribution in [0, 0.1) is 6.92 Å². The molecule has 0 saturated carbocycles. The van der Waals surface area contributed by atoms with Crippen LogP contribution in [0.1, 0.15) is 26.3 Å². The largest absolute Gasteiger partial charge is 0.460 e. The van der Waals surface area contributed by atoms with Crippen LogP contribution in [0.4, 0.5) is 86.8 Å². The summed E-state index contributed by atoms with van der Waals surface area (Å²) in [7, 11) is -7.47. The zero-order valence-corrected chi connectivity index (χ0v) is 28.5. The fraction of sp³-hybridized carbons (Fsp3) is 0.593. The van der Waals surface area contributed by atoms with Gasteiger partial charge in [-0.15, -0.1) is 0 Å². The molecule has 310 valence electrons. The molecule has 0 aliphatic heterocycles. The van der Waals surface area contributed by atoms with Gasteiger partial charge in [-0.2, -0.15) is 70.2 Å². The summed E-state index contributed by atoms with van der Waals surface area (Å²) in [6.07, 6.45) is -11.5. The summed E-state index contributed by atoms with van der Waals surface area (Å²) in [5.41, 5.74) is 0.162. The number of rotatable bonds is 17. The number of benzene rings is 1. The van der Waals surface area contributed by atoms with E-state index in [1.807, 2.05) is 5.32 Å². The number of sulfonamides is 1. The second-order valence-electron chi connectivity index (χ2n) is 10.9. The molecule has 0 aliphatic rings. The Hall–Kier alpha value is -4.17. The molecule has 0 bridgehead atoms. The van der Waals surface area contributed by atoms with Crippen molar-refractivity contribution in [1.29, 1.82) is 0 Å². The zero-order valence-electron chi connectivity index (χ0n) is 27.6. The summed E-state index contributed by atoms with van der Waals surface area (Å²) in [5, 5.41) is -3.39. The zero-order chi connectivity index (χ0) is 42.7. The standard InChI is InChI=1S/C27H28F15N3O8S/c1-6-45(54(49,50)27(41,42)25(36,37)23(32,33)21(28,29)22(30,31)24(34,35)26(38,39)40)9-10-51-19(47)43-16-8-7-14(4)17(11-16)44-20(48)53-15(5)12-52-18(46)13(2)3/h7-8,11,15H,2,6,9-10,12H2,1,3-5H3,(H,43,47)(H,44,48). The highest BCUT2D eigenvalue weighted by molar-refractivity contribution is 7.90. The van der Waals surface area contributed by atoms with E-state index in [4.69, 9.17) is 9.47 Å². The molecule has 27 heteroatoms. The smallest absolute Gasteiger partial charge is 0.458 e. The van der Waals surface area contributed by atoms with Gasteiger partial charge in [0.25, 0.3) is 10.0 Å². The number of anilines is 2. The van der Waals surface area contributed by atoms with Crippen molar-refractivity contribution in [2.75, 3.05) is 36.9 Å². The summed E-state index contributed by atoms with van der Waals surface area (Å²) in [4.78, 5) is 35.9. The lowest BCUT2D eigenvalue weighted by molar-refractivity contribution is -0.447. The minimum absolute atomic E-state index is 0.0300. The van der Waals surface area contributed by atoms with E-state index >= 15 is 0 Å². The maximum atomic E-state index is 14.5. The first-order valence-electron chi connectivity index (χ1n) is 14.3. The fourth-order valence-electron chi connectivity index (χ4n) is 3.63. The molecule has 0 heterocycles. The van der Waals surface area contributed by atoms with Crippen molar-refractivity contribution < 1.29 is 103 Å². The Morgan fingerprint density at radius 2 is 1.30 bits per heavy atom. The number of aryl methyl sites for hydroxylation is 1. The van der Waals surface area contributed by atoms with Gasteiger partial charge < -0.3 is 14.2 Å². The van der Waals surface area contributed by atoms with Crippen LogP contribution < -0.4 is 10.6 Å². The molecule has 1 rings (SSSR count). The quantitative estimate of drug-likeness (QED) is 0.0709. The van der Waals surface area contributed by atoms with Gasteiger partial charge in [-0.1, -0.05) is 19.6 Å². The van der Waals surface area contributed by atoms with Crippen molar-refractivity contribution in [3.63, 3.8) is 0 Å². The normalized spacial score (nSPS) is 14.3. The molecule has 11 nitrogen and oxygen atoms in total. The van der Waals surface area contributed by atoms with Crippen molar-refractivity contribution in [2.24, 2.45) is 0 Å². The second kappa shape index (κ2) is 16.3. The molecule has 0 aromatic heterocycles. The number of ether oxygens (including phenoxy) is 3. The summed E-state index contributed by atoms with van der Waals surface area (Å²) in [5.74, 6) is -43.2. The van der Waals surface area contributed by atoms with Gasteiger partial charge in [0, 0.05) is 30.0 Å². The molecule has 1 atom stereocenters. The maximum absolute atomic E-state index is 14.5. The molecular formula is C27H28F15N3O8S. The van der Waals surface area contributed by atoms with Crippen LogP contribution in [0.25, 0.3) is 0 Å². The molecule has 1 aromatic rings. The van der Waals surface area contributed by atoms with Gasteiger partial charge in [-0.05, 0) is 38.5 Å². The Balaban J connectivity index is 3.10. The van der Waals surface area contributed by atoms with E-state index in [0.29, 0.717) is 12.5 Å². The highest BCUT2D eigenvalue weighted by Gasteiger charge is 2.94. The fourth-order valence-corrected chi connectivity index (χ4v) is 5.06. The molecule has 1 aromatic carbocycles. The lowest BCUT2D eigenvalue weighted by Crippen LogP contribution is -2.73. The van der Waals surface area contributed by atoms with Gasteiger partial charge in [0.1, 0.15) is 19.3 Å². The third kappa shape index (κ3) is 9.19. The number of likely N-dealkylation sites (N-methyl/N-ethyl adjacent to an activating group) is 1. The molecular weight excluding hydrogens is 811 g/mol. The molecule has 0 fully saturated rings. The van der Waals surface area contributed by atoms with Crippen LogP contribution in [-0.4, -0.2) is 104 Å². The second-order valence-corrected chi connectivity index (χ2v) is 12.9. The van der Waals surface area contributed by atoms with Crippen molar-refractivity contribution in [3.05, 3.63) is 35.9 Å². The predicted octanol–water partition coefficient (Wildman–Crippen LogP) is 7.58. The van der Waals surface area contributed by atoms with Crippen molar-refractivity contribution in [3.8, 4) is 0 Å². The number of nitrogens with zero attached hydrogens (tertiary/aromatic N) is 1. The number of amides is 2. The molecule has 0 aliphatic carbocycles. The number of halogens is 15. The van der Waals surface area contributed by atoms with Gasteiger partial charge in [0.05, 0.1) is 0 Å². The average molecular weight is 840 g/mol. The molecule has 0 saturated heterocycles. The highest BCUT2D eigenvalue weighted by Crippen LogP contribution is 2.63. The number of hydrogen-bond donors (Lipinski definition) is 2. The first-order valence-corrected chi connectivity index (χ1v) is 15.7. The summed E-state index contributed by atoms with van der Waals surface area (Å²) >= 11 is 0. The Morgan fingerprint density at radius 3 is 1.78 bits per heavy atom. The van der Waals surface area contributed by atoms with Crippen LogP contribution in [0.5, 0.6) is 0 Å². The van der Waals surface area contributed by atoms with Crippen LogP contribution in [0.2, 0.25) is 0 Å². The number of alkyl halides is 15. The van der Waals surface area contributed by atoms with Crippen molar-refractivity contribution >= 4 is 39.6 Å². The molecule has 54 heavy (non-hydrogen) atoms. The molecule has 2 amide bonds. The minimum Gasteiger partial charge on any atom is -0.458 e. The minimum atomic E-state index is -8.69. The first kappa shape index (κ1) is 47.9. The molecule has 0 spiro atoms. The van der Waals surface area contributed by atoms with Crippen molar-refractivity contribution in [1.82, 2.24) is 4.31 Å². The number of hydrogen-bond acceptors (Lipinski definition) is 8. The van der Waals surface area contributed by atoms with Gasteiger partial charge in [0.2, 0.25) is 0 Å². The highest BCUT2D eigenvalue weighted by atomic mass is 32.2. The van der Waals surface area contributed by atoms with E-state index in [2.05, 4.69) is 16.6 Å². The molecule has 1 unspecified atom stereocenters. The Labute approximate surface area is 294 Å². The van der Waals surface area contributed by atoms with E-state index in [1.165, 1.54) is 32.9 Å². The Bertz CT molecular complexity index is 1670. The maximum Gasteiger partial charge on any atom is 0.460 e. The number of carbonyl (C=O) groups is 3. The number of esters is 1. The summed E-state index contributed by atoms with van der Waals surface area (Å²) in [6.45, 7) is 3.11. The van der Waals surface area contributed by atoms with E-state index in [0.717, 1.165) is 6.07 Å². The van der Waals surface area contributed by atoms with Gasteiger partial charge >= 0.3 is 59.2 Å². The van der Waals surface area contributed by atoms with Crippen LogP contribution in [0.15, 0.2) is 30.4 Å². The summed E-state index contributed by atoms with van der Waals surface area (Å²) in [6, 6.07) is 3.53. The lowest BCUT2D eigenvalue weighted by atomic mass is 9.94. The van der Waals surface area contributed by atoms with E-state index in [1.54, 1.807) is 0 Å². The van der Waals surface area contributed by atoms with Crippen molar-refractivity contribution in [2.45, 2.75) is 74.8 Å². The third-order valence-corrected chi connectivity index (χ3v) is 8.74. The number of nitrogens with one attached hydrogen (secondary N) is 2. The van der Waals surface area contributed by atoms with Gasteiger partial charge in [-0.3, -0.25) is 10.6 Å². The topological polar surface area (TPSA) is 140 Å². The monoisotopic (exact) mass is 839 g/mol. The Morgan fingerprint density at radius 1 is 0.796 bits per heavy atom. The SMILES string of the molecule is C=C(C)C(=O)OCC(C)OC(=O)Nc1cc(NC(=O)OCCN(CC)S(=O)(=O)C(F)(F)C(F)(F)C(F)(F)C(F)(F)C(F)(F)C(F)(F)C(F)(F)F)ccc1C. The van der Waals surface area contributed by atoms with Crippen LogP contribution in [0.3, 0.4) is 0 Å². The van der Waals surface area contributed by atoms with Crippen LogP contribution in [-0.2, 0) is 29.0 Å². The van der Waals surface area contributed by atoms with Gasteiger partial charge in [0.15, 0.2) is 0 Å². The molecule has 2 N–H and O–H groups in total. The third-order valence-electron chi connectivity index (χ3n) is 6.72.